The Balaban J connectivity index is 1.70. The predicted octanol–water partition coefficient (Wildman–Crippen LogP) is 2.82. The van der Waals surface area contributed by atoms with E-state index in [0.29, 0.717) is 6.54 Å². The van der Waals surface area contributed by atoms with Gasteiger partial charge in [-0.1, -0.05) is 23.7 Å². The Labute approximate surface area is 158 Å². The summed E-state index contributed by atoms with van der Waals surface area (Å²) in [4.78, 5) is 23.3. The molecule has 2 heterocycles. The maximum Gasteiger partial charge on any atom is 0.328 e. The molecule has 0 fully saturated rings. The topological polar surface area (TPSA) is 102 Å². The summed E-state index contributed by atoms with van der Waals surface area (Å²) in [6.07, 6.45) is 2.94. The Kier molecular flexibility index (Phi) is 5.22. The lowest BCUT2D eigenvalue weighted by atomic mass is 10.2. The number of carbonyl (C=O) groups is 2. The van der Waals surface area contributed by atoms with E-state index in [4.69, 9.17) is 16.7 Å². The van der Waals surface area contributed by atoms with Crippen LogP contribution < -0.4 is 5.32 Å². The average Bonchev–Trinajstić information content (AvgIpc) is 3.24. The van der Waals surface area contributed by atoms with Gasteiger partial charge in [0.15, 0.2) is 11.5 Å². The monoisotopic (exact) mass is 391 g/mol. The summed E-state index contributed by atoms with van der Waals surface area (Å²) in [5, 5.41) is 19.9. The van der Waals surface area contributed by atoms with E-state index in [1.54, 1.807) is 12.1 Å². The molecule has 27 heavy (non-hydrogen) atoms. The molecule has 2 N–H and O–H groups in total. The number of aliphatic carboxylic acids is 1. The number of nitrogens with one attached hydrogen (secondary N) is 1. The molecule has 0 bridgehead atoms. The fraction of sp³-hybridized carbons (Fsp3) is 0.176. The van der Waals surface area contributed by atoms with Gasteiger partial charge in [-0.2, -0.15) is 10.2 Å². The molecule has 1 amide bonds. The van der Waals surface area contributed by atoms with E-state index in [0.717, 1.165) is 5.56 Å². The van der Waals surface area contributed by atoms with Crippen LogP contribution in [0.15, 0.2) is 42.7 Å². The van der Waals surface area contributed by atoms with Crippen molar-refractivity contribution >= 4 is 29.3 Å². The van der Waals surface area contributed by atoms with E-state index < -0.39 is 17.9 Å². The highest BCUT2D eigenvalue weighted by molar-refractivity contribution is 6.33. The van der Waals surface area contributed by atoms with Crippen LogP contribution in [0.4, 0.5) is 10.2 Å². The molecule has 2 aromatic heterocycles. The third-order valence-corrected chi connectivity index (χ3v) is 4.08. The number of carboxylic acid groups (broad SMARTS) is 1. The predicted molar refractivity (Wildman–Crippen MR) is 95.3 cm³/mol. The highest BCUT2D eigenvalue weighted by Gasteiger charge is 2.18. The van der Waals surface area contributed by atoms with Crippen LogP contribution in [-0.2, 0) is 11.3 Å². The minimum atomic E-state index is -1.06. The fourth-order valence-electron chi connectivity index (χ4n) is 2.30. The Bertz CT molecular complexity index is 983. The molecule has 0 radical (unpaired) electrons. The molecule has 8 nitrogen and oxygen atoms in total. The van der Waals surface area contributed by atoms with Crippen molar-refractivity contribution in [3.63, 3.8) is 0 Å². The van der Waals surface area contributed by atoms with E-state index >= 15 is 0 Å². The Morgan fingerprint density at radius 1 is 1.26 bits per heavy atom. The standard InChI is InChI=1S/C17H15ClFN5O3/c1-10(17(26)27)24-7-6-14(21-24)16(25)20-15-13(18)9-23(22-15)8-11-2-4-12(19)5-3-11/h2-7,9-10H,8H2,1H3,(H,26,27)(H,20,22,25). The van der Waals surface area contributed by atoms with Crippen molar-refractivity contribution in [2.75, 3.05) is 5.32 Å². The molecule has 0 saturated heterocycles. The van der Waals surface area contributed by atoms with Gasteiger partial charge in [0.2, 0.25) is 0 Å². The van der Waals surface area contributed by atoms with Gasteiger partial charge in [0.25, 0.3) is 5.91 Å². The summed E-state index contributed by atoms with van der Waals surface area (Å²) in [6, 6.07) is 6.44. The molecule has 10 heteroatoms. The number of hydrogen-bond acceptors (Lipinski definition) is 4. The molecule has 0 spiro atoms. The maximum absolute atomic E-state index is 13.0. The summed E-state index contributed by atoms with van der Waals surface area (Å²) in [7, 11) is 0. The number of benzene rings is 1. The van der Waals surface area contributed by atoms with Crippen LogP contribution in [0, 0.1) is 5.82 Å². The normalized spacial score (nSPS) is 12.0. The minimum Gasteiger partial charge on any atom is -0.480 e. The van der Waals surface area contributed by atoms with Crippen LogP contribution in [0.25, 0.3) is 0 Å². The number of nitrogens with zero attached hydrogens (tertiary/aromatic N) is 4. The first-order valence-electron chi connectivity index (χ1n) is 7.90. The second-order valence-electron chi connectivity index (χ2n) is 5.80. The second kappa shape index (κ2) is 7.58. The molecule has 0 saturated carbocycles. The number of hydrogen-bond donors (Lipinski definition) is 2. The first-order chi connectivity index (χ1) is 12.8. The number of carboxylic acids is 1. The van der Waals surface area contributed by atoms with Gasteiger partial charge in [0.1, 0.15) is 16.9 Å². The number of halogens is 2. The smallest absolute Gasteiger partial charge is 0.328 e. The number of rotatable bonds is 6. The van der Waals surface area contributed by atoms with Crippen molar-refractivity contribution in [2.24, 2.45) is 0 Å². The minimum absolute atomic E-state index is 0.0345. The van der Waals surface area contributed by atoms with Crippen LogP contribution in [-0.4, -0.2) is 36.5 Å². The van der Waals surface area contributed by atoms with Gasteiger partial charge >= 0.3 is 5.97 Å². The van der Waals surface area contributed by atoms with Gasteiger partial charge in [-0.3, -0.25) is 14.2 Å². The fourth-order valence-corrected chi connectivity index (χ4v) is 2.50. The van der Waals surface area contributed by atoms with Gasteiger partial charge in [0, 0.05) is 12.4 Å². The molecule has 0 aliphatic carbocycles. The van der Waals surface area contributed by atoms with Gasteiger partial charge in [-0.05, 0) is 30.7 Å². The van der Waals surface area contributed by atoms with Crippen LogP contribution >= 0.6 is 11.6 Å². The summed E-state index contributed by atoms with van der Waals surface area (Å²) < 4.78 is 15.6. The summed E-state index contributed by atoms with van der Waals surface area (Å²) in [6.45, 7) is 1.80. The zero-order chi connectivity index (χ0) is 19.6. The lowest BCUT2D eigenvalue weighted by Gasteiger charge is -2.05. The molecule has 1 atom stereocenters. The third-order valence-electron chi connectivity index (χ3n) is 3.80. The zero-order valence-electron chi connectivity index (χ0n) is 14.1. The molecule has 1 aromatic carbocycles. The number of carbonyl (C=O) groups excluding carboxylic acids is 1. The quantitative estimate of drug-likeness (QED) is 0.672. The Morgan fingerprint density at radius 2 is 1.96 bits per heavy atom. The van der Waals surface area contributed by atoms with Crippen LogP contribution in [0.3, 0.4) is 0 Å². The molecular formula is C17H15ClFN5O3. The van der Waals surface area contributed by atoms with Crippen molar-refractivity contribution in [3.05, 3.63) is 64.8 Å². The number of anilines is 1. The molecule has 3 rings (SSSR count). The summed E-state index contributed by atoms with van der Waals surface area (Å²) >= 11 is 6.10. The largest absolute Gasteiger partial charge is 0.480 e. The molecule has 0 aliphatic rings. The highest BCUT2D eigenvalue weighted by atomic mass is 35.5. The highest BCUT2D eigenvalue weighted by Crippen LogP contribution is 2.21. The number of aromatic nitrogens is 4. The SMILES string of the molecule is CC(C(=O)O)n1ccc(C(=O)Nc2nn(Cc3ccc(F)cc3)cc2Cl)n1. The molecule has 0 aliphatic heterocycles. The molecular weight excluding hydrogens is 377 g/mol. The molecule has 1 unspecified atom stereocenters. The van der Waals surface area contributed by atoms with E-state index in [1.165, 1.54) is 46.9 Å². The second-order valence-corrected chi connectivity index (χ2v) is 6.21. The van der Waals surface area contributed by atoms with E-state index in [-0.39, 0.29) is 22.4 Å². The van der Waals surface area contributed by atoms with Crippen molar-refractivity contribution in [2.45, 2.75) is 19.5 Å². The first kappa shape index (κ1) is 18.6. The van der Waals surface area contributed by atoms with Crippen molar-refractivity contribution in [3.8, 4) is 0 Å². The Hall–Kier alpha value is -3.20. The number of amides is 1. The summed E-state index contributed by atoms with van der Waals surface area (Å²) in [5.41, 5.74) is 0.849. The van der Waals surface area contributed by atoms with Gasteiger partial charge < -0.3 is 10.4 Å². The van der Waals surface area contributed by atoms with Crippen LogP contribution in [0.2, 0.25) is 5.02 Å². The lowest BCUT2D eigenvalue weighted by molar-refractivity contribution is -0.140. The van der Waals surface area contributed by atoms with Crippen molar-refractivity contribution in [1.82, 2.24) is 19.6 Å². The maximum atomic E-state index is 13.0. The van der Waals surface area contributed by atoms with Crippen molar-refractivity contribution in [1.29, 1.82) is 0 Å². The first-order valence-corrected chi connectivity index (χ1v) is 8.28. The average molecular weight is 392 g/mol. The van der Waals surface area contributed by atoms with Gasteiger partial charge in [0.05, 0.1) is 6.54 Å². The van der Waals surface area contributed by atoms with Gasteiger partial charge in [-0.25, -0.2) is 9.18 Å². The van der Waals surface area contributed by atoms with Crippen LogP contribution in [0.5, 0.6) is 0 Å². The van der Waals surface area contributed by atoms with E-state index in [1.807, 2.05) is 0 Å². The van der Waals surface area contributed by atoms with E-state index in [2.05, 4.69) is 15.5 Å². The third kappa shape index (κ3) is 4.32. The molecule has 140 valence electrons. The van der Waals surface area contributed by atoms with Crippen LogP contribution in [0.1, 0.15) is 29.0 Å². The van der Waals surface area contributed by atoms with Gasteiger partial charge in [-0.15, -0.1) is 0 Å². The lowest BCUT2D eigenvalue weighted by Crippen LogP contribution is -2.18. The molecule has 3 aromatic rings. The zero-order valence-corrected chi connectivity index (χ0v) is 14.9. The summed E-state index contributed by atoms with van der Waals surface area (Å²) in [5.74, 6) is -1.82. The van der Waals surface area contributed by atoms with Crippen molar-refractivity contribution < 1.29 is 19.1 Å². The Morgan fingerprint density at radius 3 is 2.63 bits per heavy atom. The van der Waals surface area contributed by atoms with E-state index in [9.17, 15) is 14.0 Å².